The van der Waals surface area contributed by atoms with Crippen LogP contribution < -0.4 is 10.6 Å². The molecule has 0 aromatic heterocycles. The van der Waals surface area contributed by atoms with E-state index in [0.29, 0.717) is 6.61 Å². The summed E-state index contributed by atoms with van der Waals surface area (Å²) < 4.78 is 19.5. The second kappa shape index (κ2) is 8.38. The van der Waals surface area contributed by atoms with Crippen LogP contribution in [0.25, 0.3) is 0 Å². The van der Waals surface area contributed by atoms with Gasteiger partial charge in [0.1, 0.15) is 0 Å². The minimum atomic E-state index is -3.09. The molecule has 2 nitrogen and oxygen atoms in total. The summed E-state index contributed by atoms with van der Waals surface area (Å²) in [7, 11) is -3.09. The third kappa shape index (κ3) is 4.28. The average molecular weight is 501 g/mol. The van der Waals surface area contributed by atoms with Gasteiger partial charge in [-0.1, -0.05) is 66.7 Å². The summed E-state index contributed by atoms with van der Waals surface area (Å²) in [5.41, 5.74) is 1.01. The molecular formula is C19H17IrO2P. The second-order valence-electron chi connectivity index (χ2n) is 4.98. The maximum absolute atomic E-state index is 13.6. The summed E-state index contributed by atoms with van der Waals surface area (Å²) in [5.74, 6) is 0. The Morgan fingerprint density at radius 2 is 1.04 bits per heavy atom. The molecule has 0 aliphatic rings. The van der Waals surface area contributed by atoms with E-state index >= 15 is 0 Å². The average Bonchev–Trinajstić information content (AvgIpc) is 2.62. The Balaban J connectivity index is 0.00000192. The Hall–Kier alpha value is -1.50. The van der Waals surface area contributed by atoms with Crippen molar-refractivity contribution >= 4 is 18.0 Å². The zero-order chi connectivity index (χ0) is 15.3. The molecule has 119 valence electrons. The fourth-order valence-electron chi connectivity index (χ4n) is 2.29. The summed E-state index contributed by atoms with van der Waals surface area (Å²) >= 11 is 0. The van der Waals surface area contributed by atoms with Gasteiger partial charge in [-0.3, -0.25) is 4.57 Å². The Kier molecular flexibility index (Phi) is 6.50. The van der Waals surface area contributed by atoms with Crippen molar-refractivity contribution in [2.24, 2.45) is 0 Å². The van der Waals surface area contributed by atoms with Crippen LogP contribution in [-0.2, 0) is 35.8 Å². The van der Waals surface area contributed by atoms with E-state index in [4.69, 9.17) is 4.52 Å². The largest absolute Gasteiger partial charge is 0.317 e. The zero-order valence-electron chi connectivity index (χ0n) is 12.5. The summed E-state index contributed by atoms with van der Waals surface area (Å²) in [6.07, 6.45) is 0. The molecule has 0 bridgehead atoms. The van der Waals surface area contributed by atoms with Crippen molar-refractivity contribution in [1.29, 1.82) is 0 Å². The molecule has 0 aliphatic carbocycles. The van der Waals surface area contributed by atoms with Crippen molar-refractivity contribution < 1.29 is 29.2 Å². The van der Waals surface area contributed by atoms with Gasteiger partial charge in [0.15, 0.2) is 0 Å². The molecule has 0 unspecified atom stereocenters. The first-order valence-electron chi connectivity index (χ1n) is 7.19. The zero-order valence-corrected chi connectivity index (χ0v) is 15.8. The summed E-state index contributed by atoms with van der Waals surface area (Å²) in [5, 5.41) is 1.44. The van der Waals surface area contributed by atoms with Crippen molar-refractivity contribution in [3.05, 3.63) is 96.6 Å². The molecule has 0 aliphatic heterocycles. The maximum Gasteiger partial charge on any atom is 0.261 e. The molecule has 0 saturated heterocycles. The van der Waals surface area contributed by atoms with Gasteiger partial charge in [0, 0.05) is 30.7 Å². The molecule has 1 radical (unpaired) electrons. The minimum absolute atomic E-state index is 0. The summed E-state index contributed by atoms with van der Waals surface area (Å²) in [4.78, 5) is 0. The molecule has 0 N–H and O–H groups in total. The van der Waals surface area contributed by atoms with Crippen molar-refractivity contribution in [3.63, 3.8) is 0 Å². The standard InChI is InChI=1S/C19H17O2P.Ir/c20-22(18-12-6-2-7-13-18,19-14-8-3-9-15-19)21-16-17-10-4-1-5-11-17;/h1-15H,16H2;. The van der Waals surface area contributed by atoms with Crippen molar-refractivity contribution in [1.82, 2.24) is 0 Å². The smallest absolute Gasteiger partial charge is 0.261 e. The normalized spacial score (nSPS) is 10.8. The van der Waals surface area contributed by atoms with Gasteiger partial charge in [-0.25, -0.2) is 0 Å². The molecule has 3 rings (SSSR count). The molecular weight excluding hydrogens is 483 g/mol. The maximum atomic E-state index is 13.6. The molecule has 23 heavy (non-hydrogen) atoms. The minimum Gasteiger partial charge on any atom is -0.317 e. The van der Waals surface area contributed by atoms with Gasteiger partial charge < -0.3 is 4.52 Å². The van der Waals surface area contributed by atoms with Gasteiger partial charge in [-0.05, 0) is 29.8 Å². The van der Waals surface area contributed by atoms with Gasteiger partial charge in [-0.2, -0.15) is 0 Å². The molecule has 3 aromatic carbocycles. The van der Waals surface area contributed by atoms with Gasteiger partial charge in [0.05, 0.1) is 6.61 Å². The molecule has 0 saturated carbocycles. The molecule has 0 amide bonds. The Labute approximate surface area is 150 Å². The van der Waals surface area contributed by atoms with E-state index in [-0.39, 0.29) is 20.1 Å². The van der Waals surface area contributed by atoms with Gasteiger partial charge in [0.2, 0.25) is 0 Å². The van der Waals surface area contributed by atoms with Crippen LogP contribution in [0.4, 0.5) is 0 Å². The number of rotatable bonds is 5. The van der Waals surface area contributed by atoms with Crippen LogP contribution in [0, 0.1) is 0 Å². The third-order valence-corrected chi connectivity index (χ3v) is 5.90. The number of hydrogen-bond acceptors (Lipinski definition) is 2. The quantitative estimate of drug-likeness (QED) is 0.493. The topological polar surface area (TPSA) is 26.3 Å². The predicted molar refractivity (Wildman–Crippen MR) is 91.0 cm³/mol. The summed E-state index contributed by atoms with van der Waals surface area (Å²) in [6.45, 7) is 0.321. The van der Waals surface area contributed by atoms with Crippen molar-refractivity contribution in [2.45, 2.75) is 6.61 Å². The fraction of sp³-hybridized carbons (Fsp3) is 0.0526. The number of hydrogen-bond donors (Lipinski definition) is 0. The van der Waals surface area contributed by atoms with Crippen LogP contribution in [0.15, 0.2) is 91.0 Å². The monoisotopic (exact) mass is 501 g/mol. The second-order valence-corrected chi connectivity index (χ2v) is 7.38. The Morgan fingerprint density at radius 1 is 0.652 bits per heavy atom. The molecule has 4 heteroatoms. The van der Waals surface area contributed by atoms with Crippen LogP contribution in [0.3, 0.4) is 0 Å². The fourth-order valence-corrected chi connectivity index (χ4v) is 4.34. The van der Waals surface area contributed by atoms with Crippen LogP contribution in [0.5, 0.6) is 0 Å². The van der Waals surface area contributed by atoms with E-state index in [9.17, 15) is 4.57 Å². The van der Waals surface area contributed by atoms with E-state index < -0.39 is 7.37 Å². The Morgan fingerprint density at radius 3 is 1.48 bits per heavy atom. The molecule has 0 spiro atoms. The van der Waals surface area contributed by atoms with E-state index in [0.717, 1.165) is 16.2 Å². The van der Waals surface area contributed by atoms with Gasteiger partial charge in [-0.15, -0.1) is 0 Å². The predicted octanol–water partition coefficient (Wildman–Crippen LogP) is 4.13. The van der Waals surface area contributed by atoms with E-state index in [1.807, 2.05) is 91.0 Å². The first-order valence-corrected chi connectivity index (χ1v) is 8.81. The van der Waals surface area contributed by atoms with Crippen molar-refractivity contribution in [3.8, 4) is 0 Å². The summed E-state index contributed by atoms with van der Waals surface area (Å²) in [6, 6.07) is 28.6. The van der Waals surface area contributed by atoms with Crippen LogP contribution >= 0.6 is 7.37 Å². The van der Waals surface area contributed by atoms with E-state index in [2.05, 4.69) is 0 Å². The van der Waals surface area contributed by atoms with Crippen molar-refractivity contribution in [2.75, 3.05) is 0 Å². The first kappa shape index (κ1) is 17.8. The van der Waals surface area contributed by atoms with Crippen LogP contribution in [0.1, 0.15) is 5.56 Å². The van der Waals surface area contributed by atoms with E-state index in [1.165, 1.54) is 0 Å². The van der Waals surface area contributed by atoms with Gasteiger partial charge >= 0.3 is 0 Å². The molecule has 0 atom stereocenters. The third-order valence-electron chi connectivity index (χ3n) is 3.45. The van der Waals surface area contributed by atoms with Crippen LogP contribution in [0.2, 0.25) is 0 Å². The SMILES string of the molecule is O=P(OCc1ccccc1)(c1ccccc1)c1ccccc1.[Ir]. The Bertz CT molecular complexity index is 718. The van der Waals surface area contributed by atoms with Crippen LogP contribution in [-0.4, -0.2) is 0 Å². The number of benzene rings is 3. The molecule has 0 fully saturated rings. The van der Waals surface area contributed by atoms with E-state index in [1.54, 1.807) is 0 Å². The first-order chi connectivity index (χ1) is 10.8. The molecule has 3 aromatic rings. The molecule has 0 heterocycles. The van der Waals surface area contributed by atoms with Gasteiger partial charge in [0.25, 0.3) is 7.37 Å².